The van der Waals surface area contributed by atoms with Crippen LogP contribution < -0.4 is 5.32 Å². The zero-order valence-corrected chi connectivity index (χ0v) is 10.1. The molecular formula is C11H16ClN3. The van der Waals surface area contributed by atoms with Crippen molar-refractivity contribution in [2.24, 2.45) is 7.05 Å². The van der Waals surface area contributed by atoms with E-state index in [0.717, 1.165) is 22.8 Å². The molecule has 0 amide bonds. The first-order valence-electron chi connectivity index (χ1n) is 4.97. The van der Waals surface area contributed by atoms with E-state index in [4.69, 9.17) is 18.0 Å². The Morgan fingerprint density at radius 1 is 1.67 bits per heavy atom. The van der Waals surface area contributed by atoms with Gasteiger partial charge in [0.25, 0.3) is 0 Å². The highest BCUT2D eigenvalue weighted by molar-refractivity contribution is 6.31. The molecule has 3 nitrogen and oxygen atoms in total. The predicted octanol–water partition coefficient (Wildman–Crippen LogP) is 1.88. The van der Waals surface area contributed by atoms with Crippen LogP contribution >= 0.6 is 11.6 Å². The zero-order chi connectivity index (χ0) is 11.4. The van der Waals surface area contributed by atoms with E-state index in [9.17, 15) is 0 Å². The second-order valence-corrected chi connectivity index (χ2v) is 3.86. The van der Waals surface area contributed by atoms with Crippen molar-refractivity contribution in [2.45, 2.75) is 32.9 Å². The summed E-state index contributed by atoms with van der Waals surface area (Å²) >= 11 is 6.11. The molecule has 82 valence electrons. The fourth-order valence-electron chi connectivity index (χ4n) is 1.41. The van der Waals surface area contributed by atoms with Gasteiger partial charge in [0.15, 0.2) is 0 Å². The van der Waals surface area contributed by atoms with Gasteiger partial charge in [-0.15, -0.1) is 6.42 Å². The summed E-state index contributed by atoms with van der Waals surface area (Å²) in [5.74, 6) is 2.68. The van der Waals surface area contributed by atoms with Crippen LogP contribution in [-0.2, 0) is 13.6 Å². The van der Waals surface area contributed by atoms with Crippen molar-refractivity contribution in [1.82, 2.24) is 15.1 Å². The molecule has 1 aromatic heterocycles. The molecule has 0 fully saturated rings. The van der Waals surface area contributed by atoms with Crippen molar-refractivity contribution in [2.75, 3.05) is 0 Å². The van der Waals surface area contributed by atoms with Gasteiger partial charge in [-0.2, -0.15) is 5.10 Å². The van der Waals surface area contributed by atoms with Crippen LogP contribution in [0.4, 0.5) is 0 Å². The lowest BCUT2D eigenvalue weighted by molar-refractivity contribution is 0.563. The lowest BCUT2D eigenvalue weighted by Crippen LogP contribution is -2.27. The van der Waals surface area contributed by atoms with Gasteiger partial charge in [0, 0.05) is 13.6 Å². The summed E-state index contributed by atoms with van der Waals surface area (Å²) < 4.78 is 1.79. The maximum Gasteiger partial charge on any atom is 0.0860 e. The van der Waals surface area contributed by atoms with E-state index in [-0.39, 0.29) is 6.04 Å². The Hall–Kier alpha value is -0.980. The highest BCUT2D eigenvalue weighted by Crippen LogP contribution is 2.19. The Kier molecular flexibility index (Phi) is 4.19. The minimum Gasteiger partial charge on any atom is -0.298 e. The highest BCUT2D eigenvalue weighted by atomic mass is 35.5. The molecule has 1 rings (SSSR count). The molecule has 0 aromatic carbocycles. The number of nitrogens with one attached hydrogen (secondary N) is 1. The van der Waals surface area contributed by atoms with Crippen LogP contribution in [0, 0.1) is 19.3 Å². The second-order valence-electron chi connectivity index (χ2n) is 3.48. The van der Waals surface area contributed by atoms with Crippen molar-refractivity contribution in [3.63, 3.8) is 0 Å². The minimum absolute atomic E-state index is 0.0938. The zero-order valence-electron chi connectivity index (χ0n) is 9.34. The number of aryl methyl sites for hydroxylation is 2. The van der Waals surface area contributed by atoms with Crippen LogP contribution in [0.15, 0.2) is 0 Å². The summed E-state index contributed by atoms with van der Waals surface area (Å²) in [7, 11) is 1.88. The van der Waals surface area contributed by atoms with E-state index in [1.807, 2.05) is 20.9 Å². The molecular weight excluding hydrogens is 210 g/mol. The number of halogens is 1. The molecule has 1 atom stereocenters. The molecule has 0 aliphatic rings. The Labute approximate surface area is 95.8 Å². The van der Waals surface area contributed by atoms with E-state index in [1.54, 1.807) is 4.68 Å². The normalized spacial score (nSPS) is 12.5. The summed E-state index contributed by atoms with van der Waals surface area (Å²) in [4.78, 5) is 0. The summed E-state index contributed by atoms with van der Waals surface area (Å²) in [6.45, 7) is 4.59. The molecule has 15 heavy (non-hydrogen) atoms. The molecule has 0 aliphatic carbocycles. The summed E-state index contributed by atoms with van der Waals surface area (Å²) in [5.41, 5.74) is 1.83. The molecule has 1 N–H and O–H groups in total. The van der Waals surface area contributed by atoms with Crippen molar-refractivity contribution < 1.29 is 0 Å². The Balaban J connectivity index is 2.69. The van der Waals surface area contributed by atoms with Crippen LogP contribution in [-0.4, -0.2) is 15.8 Å². The standard InChI is InChI=1S/C11H16ClN3/c1-5-9(6-2)13-7-10-11(12)8(3)14-15(10)4/h1,9,13H,6-7H2,2-4H3. The van der Waals surface area contributed by atoms with E-state index in [0.29, 0.717) is 6.54 Å². The summed E-state index contributed by atoms with van der Waals surface area (Å²) in [6.07, 6.45) is 6.27. The topological polar surface area (TPSA) is 29.9 Å². The SMILES string of the molecule is C#CC(CC)NCc1c(Cl)c(C)nn1C. The molecule has 0 saturated carbocycles. The van der Waals surface area contributed by atoms with Crippen LogP contribution in [0.2, 0.25) is 5.02 Å². The maximum atomic E-state index is 6.11. The number of nitrogens with zero attached hydrogens (tertiary/aromatic N) is 2. The van der Waals surface area contributed by atoms with Crippen molar-refractivity contribution in [1.29, 1.82) is 0 Å². The molecule has 1 unspecified atom stereocenters. The Morgan fingerprint density at radius 3 is 2.73 bits per heavy atom. The molecule has 0 saturated heterocycles. The van der Waals surface area contributed by atoms with Gasteiger partial charge in [-0.25, -0.2) is 0 Å². The first-order valence-corrected chi connectivity index (χ1v) is 5.35. The van der Waals surface area contributed by atoms with Crippen LogP contribution in [0.3, 0.4) is 0 Å². The van der Waals surface area contributed by atoms with E-state index >= 15 is 0 Å². The summed E-state index contributed by atoms with van der Waals surface area (Å²) in [5, 5.41) is 8.20. The van der Waals surface area contributed by atoms with Gasteiger partial charge in [0.2, 0.25) is 0 Å². The van der Waals surface area contributed by atoms with Crippen molar-refractivity contribution in [3.8, 4) is 12.3 Å². The van der Waals surface area contributed by atoms with Gasteiger partial charge in [-0.1, -0.05) is 24.4 Å². The fourth-order valence-corrected chi connectivity index (χ4v) is 1.64. The van der Waals surface area contributed by atoms with Gasteiger partial charge < -0.3 is 0 Å². The first-order chi connectivity index (χ1) is 7.10. The third-order valence-electron chi connectivity index (χ3n) is 2.39. The minimum atomic E-state index is 0.0938. The number of hydrogen-bond acceptors (Lipinski definition) is 2. The van der Waals surface area contributed by atoms with Crippen molar-refractivity contribution >= 4 is 11.6 Å². The van der Waals surface area contributed by atoms with E-state index in [2.05, 4.69) is 16.3 Å². The van der Waals surface area contributed by atoms with E-state index < -0.39 is 0 Å². The molecule has 0 radical (unpaired) electrons. The Morgan fingerprint density at radius 2 is 2.33 bits per heavy atom. The average Bonchev–Trinajstić information content (AvgIpc) is 2.45. The third-order valence-corrected chi connectivity index (χ3v) is 2.88. The van der Waals surface area contributed by atoms with Crippen LogP contribution in [0.25, 0.3) is 0 Å². The molecule has 1 aromatic rings. The fraction of sp³-hybridized carbons (Fsp3) is 0.545. The second kappa shape index (κ2) is 5.20. The number of hydrogen-bond donors (Lipinski definition) is 1. The monoisotopic (exact) mass is 225 g/mol. The quantitative estimate of drug-likeness (QED) is 0.794. The van der Waals surface area contributed by atoms with Gasteiger partial charge in [0.05, 0.1) is 22.5 Å². The number of aromatic nitrogens is 2. The van der Waals surface area contributed by atoms with Gasteiger partial charge in [0.1, 0.15) is 0 Å². The van der Waals surface area contributed by atoms with Crippen LogP contribution in [0.5, 0.6) is 0 Å². The number of rotatable bonds is 4. The average molecular weight is 226 g/mol. The van der Waals surface area contributed by atoms with Crippen molar-refractivity contribution in [3.05, 3.63) is 16.4 Å². The van der Waals surface area contributed by atoms with Crippen LogP contribution in [0.1, 0.15) is 24.7 Å². The van der Waals surface area contributed by atoms with Gasteiger partial charge >= 0.3 is 0 Å². The largest absolute Gasteiger partial charge is 0.298 e. The molecule has 0 aliphatic heterocycles. The first kappa shape index (κ1) is 12.1. The molecule has 1 heterocycles. The lowest BCUT2D eigenvalue weighted by Gasteiger charge is -2.10. The van der Waals surface area contributed by atoms with Gasteiger partial charge in [-0.3, -0.25) is 10.00 Å². The number of terminal acetylenes is 1. The predicted molar refractivity (Wildman–Crippen MR) is 62.7 cm³/mol. The molecule has 0 bridgehead atoms. The summed E-state index contributed by atoms with van der Waals surface area (Å²) in [6, 6.07) is 0.0938. The highest BCUT2D eigenvalue weighted by Gasteiger charge is 2.11. The Bertz CT molecular complexity index is 376. The lowest BCUT2D eigenvalue weighted by atomic mass is 10.2. The molecule has 4 heteroatoms. The third kappa shape index (κ3) is 2.74. The maximum absolute atomic E-state index is 6.11. The van der Waals surface area contributed by atoms with E-state index in [1.165, 1.54) is 0 Å². The van der Waals surface area contributed by atoms with Gasteiger partial charge in [-0.05, 0) is 13.3 Å². The smallest absolute Gasteiger partial charge is 0.0860 e. The molecule has 0 spiro atoms.